The first-order valence-electron chi connectivity index (χ1n) is 6.64. The van der Waals surface area contributed by atoms with Crippen molar-refractivity contribution in [1.82, 2.24) is 15.1 Å². The number of nitrogens with one attached hydrogen (secondary N) is 1. The number of rotatable bonds is 5. The van der Waals surface area contributed by atoms with Crippen LogP contribution in [0.3, 0.4) is 0 Å². The molecule has 2 rings (SSSR count). The SMILES string of the molecule is CC(C)NC(=O)C(C)Oc1ccn(-c2ccccc2)n1. The van der Waals surface area contributed by atoms with Crippen LogP contribution in [0.5, 0.6) is 5.88 Å². The van der Waals surface area contributed by atoms with Gasteiger partial charge in [-0.1, -0.05) is 18.2 Å². The molecule has 20 heavy (non-hydrogen) atoms. The molecule has 0 aliphatic heterocycles. The van der Waals surface area contributed by atoms with Gasteiger partial charge in [-0.05, 0) is 32.9 Å². The first kappa shape index (κ1) is 14.1. The average molecular weight is 273 g/mol. The first-order valence-corrected chi connectivity index (χ1v) is 6.64. The van der Waals surface area contributed by atoms with Gasteiger partial charge < -0.3 is 10.1 Å². The molecule has 0 bridgehead atoms. The van der Waals surface area contributed by atoms with Crippen LogP contribution in [0.25, 0.3) is 5.69 Å². The van der Waals surface area contributed by atoms with Crippen molar-refractivity contribution < 1.29 is 9.53 Å². The Morgan fingerprint density at radius 2 is 1.90 bits per heavy atom. The van der Waals surface area contributed by atoms with Gasteiger partial charge in [0.15, 0.2) is 6.10 Å². The van der Waals surface area contributed by atoms with Crippen molar-refractivity contribution in [2.45, 2.75) is 32.9 Å². The van der Waals surface area contributed by atoms with Gasteiger partial charge in [0.05, 0.1) is 5.69 Å². The molecule has 0 fully saturated rings. The molecule has 5 nitrogen and oxygen atoms in total. The summed E-state index contributed by atoms with van der Waals surface area (Å²) in [5, 5.41) is 7.10. The van der Waals surface area contributed by atoms with Crippen LogP contribution in [0.4, 0.5) is 0 Å². The molecule has 0 radical (unpaired) electrons. The highest BCUT2D eigenvalue weighted by Crippen LogP contribution is 2.13. The fraction of sp³-hybridized carbons (Fsp3) is 0.333. The van der Waals surface area contributed by atoms with Crippen molar-refractivity contribution in [1.29, 1.82) is 0 Å². The van der Waals surface area contributed by atoms with Crippen LogP contribution in [0.1, 0.15) is 20.8 Å². The molecule has 1 aromatic carbocycles. The van der Waals surface area contributed by atoms with Crippen molar-refractivity contribution in [2.75, 3.05) is 0 Å². The van der Waals surface area contributed by atoms with Crippen LogP contribution in [0.2, 0.25) is 0 Å². The second-order valence-corrected chi connectivity index (χ2v) is 4.86. The minimum Gasteiger partial charge on any atom is -0.463 e. The van der Waals surface area contributed by atoms with Gasteiger partial charge in [0.1, 0.15) is 0 Å². The fourth-order valence-electron chi connectivity index (χ4n) is 1.73. The molecule has 0 saturated carbocycles. The van der Waals surface area contributed by atoms with Crippen molar-refractivity contribution in [3.63, 3.8) is 0 Å². The molecule has 0 spiro atoms. The summed E-state index contributed by atoms with van der Waals surface area (Å²) in [5.74, 6) is 0.287. The number of carbonyl (C=O) groups is 1. The number of para-hydroxylation sites is 1. The molecule has 1 unspecified atom stereocenters. The summed E-state index contributed by atoms with van der Waals surface area (Å²) >= 11 is 0. The lowest BCUT2D eigenvalue weighted by Gasteiger charge is -2.14. The van der Waals surface area contributed by atoms with E-state index in [-0.39, 0.29) is 11.9 Å². The zero-order valence-corrected chi connectivity index (χ0v) is 11.9. The topological polar surface area (TPSA) is 56.1 Å². The molecule has 0 aliphatic rings. The lowest BCUT2D eigenvalue weighted by atomic mass is 10.3. The second-order valence-electron chi connectivity index (χ2n) is 4.86. The van der Waals surface area contributed by atoms with Gasteiger partial charge in [-0.3, -0.25) is 4.79 Å². The van der Waals surface area contributed by atoms with Gasteiger partial charge in [0, 0.05) is 18.3 Å². The van der Waals surface area contributed by atoms with Crippen molar-refractivity contribution in [3.8, 4) is 11.6 Å². The minimum atomic E-state index is -0.573. The van der Waals surface area contributed by atoms with Crippen molar-refractivity contribution >= 4 is 5.91 Å². The summed E-state index contributed by atoms with van der Waals surface area (Å²) in [5.41, 5.74) is 0.946. The van der Waals surface area contributed by atoms with Crippen LogP contribution in [-0.4, -0.2) is 27.8 Å². The Hall–Kier alpha value is -2.30. The predicted molar refractivity (Wildman–Crippen MR) is 76.9 cm³/mol. The van der Waals surface area contributed by atoms with Crippen LogP contribution < -0.4 is 10.1 Å². The van der Waals surface area contributed by atoms with E-state index in [4.69, 9.17) is 4.74 Å². The van der Waals surface area contributed by atoms with Gasteiger partial charge in [-0.2, -0.15) is 0 Å². The first-order chi connectivity index (χ1) is 9.56. The number of ether oxygens (including phenoxy) is 1. The number of carbonyl (C=O) groups excluding carboxylic acids is 1. The largest absolute Gasteiger partial charge is 0.463 e. The molecular weight excluding hydrogens is 254 g/mol. The smallest absolute Gasteiger partial charge is 0.261 e. The summed E-state index contributed by atoms with van der Waals surface area (Å²) in [6, 6.07) is 11.6. The van der Waals surface area contributed by atoms with E-state index >= 15 is 0 Å². The average Bonchev–Trinajstić information content (AvgIpc) is 2.87. The van der Waals surface area contributed by atoms with E-state index in [2.05, 4.69) is 10.4 Å². The minimum absolute atomic E-state index is 0.0930. The number of aromatic nitrogens is 2. The maximum atomic E-state index is 11.8. The molecule has 1 N–H and O–H groups in total. The quantitative estimate of drug-likeness (QED) is 0.908. The van der Waals surface area contributed by atoms with Crippen LogP contribution in [0.15, 0.2) is 42.6 Å². The summed E-state index contributed by atoms with van der Waals surface area (Å²) in [6.45, 7) is 5.53. The Labute approximate surface area is 118 Å². The molecule has 1 atom stereocenters. The number of amides is 1. The molecule has 0 aliphatic carbocycles. The number of nitrogens with zero attached hydrogens (tertiary/aromatic N) is 2. The molecule has 1 amide bonds. The fourth-order valence-corrected chi connectivity index (χ4v) is 1.73. The number of hydrogen-bond acceptors (Lipinski definition) is 3. The Kier molecular flexibility index (Phi) is 4.40. The standard InChI is InChI=1S/C15H19N3O2/c1-11(2)16-15(19)12(3)20-14-9-10-18(17-14)13-7-5-4-6-8-13/h4-12H,1-3H3,(H,16,19). The van der Waals surface area contributed by atoms with E-state index in [0.29, 0.717) is 5.88 Å². The molecule has 1 heterocycles. The molecule has 106 valence electrons. The highest BCUT2D eigenvalue weighted by molar-refractivity contribution is 5.80. The van der Waals surface area contributed by atoms with E-state index < -0.39 is 6.10 Å². The van der Waals surface area contributed by atoms with Crippen LogP contribution in [-0.2, 0) is 4.79 Å². The van der Waals surface area contributed by atoms with E-state index in [1.54, 1.807) is 23.9 Å². The van der Waals surface area contributed by atoms with Gasteiger partial charge in [0.2, 0.25) is 5.88 Å². The van der Waals surface area contributed by atoms with Gasteiger partial charge in [-0.15, -0.1) is 5.10 Å². The third kappa shape index (κ3) is 3.60. The number of benzene rings is 1. The van der Waals surface area contributed by atoms with Gasteiger partial charge in [0.25, 0.3) is 5.91 Å². The van der Waals surface area contributed by atoms with E-state index in [1.807, 2.05) is 44.2 Å². The third-order valence-corrected chi connectivity index (χ3v) is 2.68. The van der Waals surface area contributed by atoms with Gasteiger partial charge in [-0.25, -0.2) is 4.68 Å². The van der Waals surface area contributed by atoms with Crippen molar-refractivity contribution in [2.24, 2.45) is 0 Å². The highest BCUT2D eigenvalue weighted by Gasteiger charge is 2.16. The molecular formula is C15H19N3O2. The molecule has 0 saturated heterocycles. The summed E-state index contributed by atoms with van der Waals surface area (Å²) < 4.78 is 7.25. The van der Waals surface area contributed by atoms with E-state index in [1.165, 1.54) is 0 Å². The zero-order chi connectivity index (χ0) is 14.5. The maximum Gasteiger partial charge on any atom is 0.261 e. The Bertz CT molecular complexity index is 564. The monoisotopic (exact) mass is 273 g/mol. The van der Waals surface area contributed by atoms with Crippen LogP contribution >= 0.6 is 0 Å². The predicted octanol–water partition coefficient (Wildman–Crippen LogP) is 2.16. The Morgan fingerprint density at radius 3 is 2.55 bits per heavy atom. The Balaban J connectivity index is 2.01. The summed E-state index contributed by atoms with van der Waals surface area (Å²) in [4.78, 5) is 11.8. The lowest BCUT2D eigenvalue weighted by molar-refractivity contribution is -0.127. The third-order valence-electron chi connectivity index (χ3n) is 2.68. The summed E-state index contributed by atoms with van der Waals surface area (Å²) in [7, 11) is 0. The van der Waals surface area contributed by atoms with E-state index in [0.717, 1.165) is 5.69 Å². The zero-order valence-electron chi connectivity index (χ0n) is 11.9. The van der Waals surface area contributed by atoms with E-state index in [9.17, 15) is 4.79 Å². The normalized spacial score (nSPS) is 12.2. The Morgan fingerprint density at radius 1 is 1.20 bits per heavy atom. The van der Waals surface area contributed by atoms with Crippen LogP contribution in [0, 0.1) is 0 Å². The molecule has 1 aromatic heterocycles. The highest BCUT2D eigenvalue weighted by atomic mass is 16.5. The molecule has 2 aromatic rings. The van der Waals surface area contributed by atoms with Gasteiger partial charge >= 0.3 is 0 Å². The maximum absolute atomic E-state index is 11.8. The molecule has 5 heteroatoms. The van der Waals surface area contributed by atoms with Crippen molar-refractivity contribution in [3.05, 3.63) is 42.6 Å². The second kappa shape index (κ2) is 6.23. The summed E-state index contributed by atoms with van der Waals surface area (Å²) in [6.07, 6.45) is 1.23. The lowest BCUT2D eigenvalue weighted by Crippen LogP contribution is -2.40. The number of hydrogen-bond donors (Lipinski definition) is 1.